The summed E-state index contributed by atoms with van der Waals surface area (Å²) in [7, 11) is -2.20. The van der Waals surface area contributed by atoms with Crippen molar-refractivity contribution in [2.24, 2.45) is 5.92 Å². The molecule has 0 unspecified atom stereocenters. The molecule has 1 N–H and O–H groups in total. The number of carbonyl (C=O) groups is 1. The zero-order valence-electron chi connectivity index (χ0n) is 18.7. The lowest BCUT2D eigenvalue weighted by molar-refractivity contribution is -0.120. The maximum absolute atomic E-state index is 14.1. The van der Waals surface area contributed by atoms with E-state index < -0.39 is 10.0 Å². The second-order valence-electron chi connectivity index (χ2n) is 7.65. The molecule has 2 aromatic carbocycles. The van der Waals surface area contributed by atoms with Crippen LogP contribution in [0.3, 0.4) is 0 Å². The van der Waals surface area contributed by atoms with Crippen molar-refractivity contribution >= 4 is 27.3 Å². The summed E-state index contributed by atoms with van der Waals surface area (Å²) in [4.78, 5) is 15.0. The number of ether oxygens (including phenoxy) is 1. The van der Waals surface area contributed by atoms with Crippen LogP contribution in [0.25, 0.3) is 0 Å². The molecule has 3 rings (SSSR count). The zero-order valence-corrected chi connectivity index (χ0v) is 19.5. The van der Waals surface area contributed by atoms with Gasteiger partial charge < -0.3 is 15.0 Å². The number of piperidine rings is 1. The summed E-state index contributed by atoms with van der Waals surface area (Å²) in [5, 5.41) is 2.85. The first-order chi connectivity index (χ1) is 15.3. The molecule has 1 saturated heterocycles. The number of sulfonamides is 1. The highest BCUT2D eigenvalue weighted by molar-refractivity contribution is 7.89. The Morgan fingerprint density at radius 3 is 2.41 bits per heavy atom. The van der Waals surface area contributed by atoms with Gasteiger partial charge in [0.05, 0.1) is 23.4 Å². The normalized spacial score (nSPS) is 15.1. The first-order valence-corrected chi connectivity index (χ1v) is 12.2. The largest absolute Gasteiger partial charge is 0.495 e. The van der Waals surface area contributed by atoms with Crippen molar-refractivity contribution in [3.63, 3.8) is 0 Å². The first-order valence-electron chi connectivity index (χ1n) is 10.8. The summed E-state index contributed by atoms with van der Waals surface area (Å²) >= 11 is 0. The summed E-state index contributed by atoms with van der Waals surface area (Å²) in [6.07, 6.45) is 1.14. The van der Waals surface area contributed by atoms with Gasteiger partial charge >= 0.3 is 0 Å². The number of hydrogen-bond acceptors (Lipinski definition) is 5. The predicted molar refractivity (Wildman–Crippen MR) is 123 cm³/mol. The number of benzene rings is 2. The minimum Gasteiger partial charge on any atom is -0.495 e. The number of para-hydroxylation sites is 1. The average molecular weight is 464 g/mol. The molecule has 32 heavy (non-hydrogen) atoms. The molecule has 0 aliphatic carbocycles. The molecule has 0 saturated carbocycles. The quantitative estimate of drug-likeness (QED) is 0.646. The molecule has 0 spiro atoms. The van der Waals surface area contributed by atoms with Crippen molar-refractivity contribution in [3.05, 3.63) is 48.3 Å². The first kappa shape index (κ1) is 24.0. The van der Waals surface area contributed by atoms with Crippen LogP contribution in [0.4, 0.5) is 15.8 Å². The van der Waals surface area contributed by atoms with E-state index in [0.717, 1.165) is 0 Å². The number of nitrogens with one attached hydrogen (secondary N) is 1. The van der Waals surface area contributed by atoms with Crippen LogP contribution >= 0.6 is 0 Å². The van der Waals surface area contributed by atoms with Gasteiger partial charge in [-0.1, -0.05) is 26.0 Å². The van der Waals surface area contributed by atoms with E-state index in [9.17, 15) is 17.6 Å². The monoisotopic (exact) mass is 463 g/mol. The molecule has 0 radical (unpaired) electrons. The van der Waals surface area contributed by atoms with E-state index in [1.54, 1.807) is 38.1 Å². The van der Waals surface area contributed by atoms with Gasteiger partial charge in [-0.15, -0.1) is 0 Å². The van der Waals surface area contributed by atoms with Gasteiger partial charge in [-0.25, -0.2) is 12.8 Å². The van der Waals surface area contributed by atoms with Gasteiger partial charge in [-0.3, -0.25) is 4.79 Å². The molecular formula is C23H30FN3O4S. The molecular weight excluding hydrogens is 433 g/mol. The standard InChI is InChI=1S/C23H30FN3O4S/c1-4-27(5-2)32(29,30)18-10-11-22(31-3)20(16-18)25-23(28)17-12-14-26(15-13-17)21-9-7-6-8-19(21)24/h6-11,16-17H,4-5,12-15H2,1-3H3,(H,25,28). The van der Waals surface area contributed by atoms with E-state index in [-0.39, 0.29) is 22.5 Å². The summed E-state index contributed by atoms with van der Waals surface area (Å²) in [5.41, 5.74) is 0.865. The Bertz CT molecular complexity index is 1050. The topological polar surface area (TPSA) is 79.0 Å². The lowest BCUT2D eigenvalue weighted by atomic mass is 9.95. The third kappa shape index (κ3) is 5.05. The molecule has 9 heteroatoms. The molecule has 1 amide bonds. The Morgan fingerprint density at radius 2 is 1.81 bits per heavy atom. The van der Waals surface area contributed by atoms with Crippen molar-refractivity contribution < 1.29 is 22.3 Å². The summed E-state index contributed by atoms with van der Waals surface area (Å²) in [6.45, 7) is 5.39. The second kappa shape index (κ2) is 10.3. The van der Waals surface area contributed by atoms with Crippen LogP contribution in [-0.2, 0) is 14.8 Å². The van der Waals surface area contributed by atoms with E-state index in [0.29, 0.717) is 56.1 Å². The predicted octanol–water partition coefficient (Wildman–Crippen LogP) is 3.72. The van der Waals surface area contributed by atoms with Crippen LogP contribution in [0.15, 0.2) is 47.4 Å². The van der Waals surface area contributed by atoms with Crippen LogP contribution in [0.1, 0.15) is 26.7 Å². The third-order valence-electron chi connectivity index (χ3n) is 5.83. The number of hydrogen-bond donors (Lipinski definition) is 1. The molecule has 1 heterocycles. The maximum Gasteiger partial charge on any atom is 0.243 e. The third-order valence-corrected chi connectivity index (χ3v) is 7.88. The molecule has 174 valence electrons. The number of methoxy groups -OCH3 is 1. The number of halogens is 1. The van der Waals surface area contributed by atoms with Gasteiger partial charge in [0.15, 0.2) is 0 Å². The number of rotatable bonds is 8. The molecule has 0 atom stereocenters. The Kier molecular flexibility index (Phi) is 7.73. The van der Waals surface area contributed by atoms with E-state index in [4.69, 9.17) is 4.74 Å². The van der Waals surface area contributed by atoms with Crippen molar-refractivity contribution in [2.45, 2.75) is 31.6 Å². The molecule has 2 aromatic rings. The highest BCUT2D eigenvalue weighted by Gasteiger charge is 2.28. The van der Waals surface area contributed by atoms with Gasteiger partial charge in [0.25, 0.3) is 0 Å². The van der Waals surface area contributed by atoms with E-state index >= 15 is 0 Å². The van der Waals surface area contributed by atoms with Crippen LogP contribution in [0.2, 0.25) is 0 Å². The number of amides is 1. The Labute approximate surface area is 189 Å². The van der Waals surface area contributed by atoms with Gasteiger partial charge in [0.2, 0.25) is 15.9 Å². The lowest BCUT2D eigenvalue weighted by Crippen LogP contribution is -2.38. The van der Waals surface area contributed by atoms with Crippen LogP contribution < -0.4 is 15.0 Å². The summed E-state index contributed by atoms with van der Waals surface area (Å²) in [5.74, 6) is -0.341. The molecule has 1 aliphatic rings. The molecule has 7 nitrogen and oxygen atoms in total. The van der Waals surface area contributed by atoms with Gasteiger partial charge in [-0.2, -0.15) is 4.31 Å². The number of nitrogens with zero attached hydrogens (tertiary/aromatic N) is 2. The van der Waals surface area contributed by atoms with E-state index in [1.165, 1.54) is 29.6 Å². The second-order valence-corrected chi connectivity index (χ2v) is 9.59. The Balaban J connectivity index is 1.73. The highest BCUT2D eigenvalue weighted by Crippen LogP contribution is 2.31. The molecule has 0 bridgehead atoms. The number of carbonyl (C=O) groups excluding carboxylic acids is 1. The van der Waals surface area contributed by atoms with Gasteiger partial charge in [-0.05, 0) is 43.2 Å². The molecule has 1 fully saturated rings. The SMILES string of the molecule is CCN(CC)S(=O)(=O)c1ccc(OC)c(NC(=O)C2CCN(c3ccccc3F)CC2)c1. The fourth-order valence-electron chi connectivity index (χ4n) is 3.98. The van der Waals surface area contributed by atoms with Gasteiger partial charge in [0, 0.05) is 32.1 Å². The van der Waals surface area contributed by atoms with Crippen LogP contribution in [0.5, 0.6) is 5.75 Å². The average Bonchev–Trinajstić information content (AvgIpc) is 2.80. The highest BCUT2D eigenvalue weighted by atomic mass is 32.2. The van der Waals surface area contributed by atoms with Crippen LogP contribution in [-0.4, -0.2) is 51.9 Å². The van der Waals surface area contributed by atoms with Gasteiger partial charge in [0.1, 0.15) is 11.6 Å². The van der Waals surface area contributed by atoms with E-state index in [2.05, 4.69) is 5.32 Å². The van der Waals surface area contributed by atoms with Crippen molar-refractivity contribution in [3.8, 4) is 5.75 Å². The zero-order chi connectivity index (χ0) is 23.3. The minimum absolute atomic E-state index is 0.103. The summed E-state index contributed by atoms with van der Waals surface area (Å²) < 4.78 is 46.5. The van der Waals surface area contributed by atoms with Crippen molar-refractivity contribution in [1.29, 1.82) is 0 Å². The minimum atomic E-state index is -3.67. The number of anilines is 2. The van der Waals surface area contributed by atoms with Crippen molar-refractivity contribution in [2.75, 3.05) is 43.5 Å². The Hall–Kier alpha value is -2.65. The summed E-state index contributed by atoms with van der Waals surface area (Å²) in [6, 6.07) is 11.1. The van der Waals surface area contributed by atoms with Crippen molar-refractivity contribution in [1.82, 2.24) is 4.31 Å². The van der Waals surface area contributed by atoms with Crippen LogP contribution in [0, 0.1) is 11.7 Å². The fourth-order valence-corrected chi connectivity index (χ4v) is 5.47. The van der Waals surface area contributed by atoms with E-state index in [1.807, 2.05) is 4.90 Å². The maximum atomic E-state index is 14.1. The Morgan fingerprint density at radius 1 is 1.16 bits per heavy atom. The molecule has 0 aromatic heterocycles. The lowest BCUT2D eigenvalue weighted by Gasteiger charge is -2.33. The smallest absolute Gasteiger partial charge is 0.243 e. The fraction of sp³-hybridized carbons (Fsp3) is 0.435. The molecule has 1 aliphatic heterocycles.